The fraction of sp³-hybridized carbons (Fsp3) is 0.900. The molecule has 0 heterocycles. The van der Waals surface area contributed by atoms with Crippen molar-refractivity contribution in [3.8, 4) is 0 Å². The van der Waals surface area contributed by atoms with Crippen molar-refractivity contribution in [1.82, 2.24) is 15.5 Å². The molecule has 0 rings (SSSR count). The number of hydrogen-bond donors (Lipinski definition) is 2. The van der Waals surface area contributed by atoms with E-state index in [9.17, 15) is 0 Å². The van der Waals surface area contributed by atoms with Crippen LogP contribution in [0.4, 0.5) is 0 Å². The molecule has 0 unspecified atom stereocenters. The molecule has 3 N–H and O–H groups in total. The number of rotatable bonds is 9. The normalized spacial score (nSPS) is 9.60. The number of likely N-dealkylation sites (N-methyl/N-ethyl adjacent to an activating group) is 1. The van der Waals surface area contributed by atoms with Crippen LogP contribution in [0.15, 0.2) is 0 Å². The minimum absolute atomic E-state index is 0. The molecule has 4 nitrogen and oxygen atoms in total. The SMILES string of the molecule is CNCCCN(CC[NH-])CCNC.[CH3-].[Y]. The van der Waals surface area contributed by atoms with Gasteiger partial charge in [0.15, 0.2) is 0 Å². The molecule has 0 saturated heterocycles. The third-order valence-electron chi connectivity index (χ3n) is 2.01. The molecule has 0 saturated carbocycles. The van der Waals surface area contributed by atoms with E-state index in [4.69, 9.17) is 5.73 Å². The van der Waals surface area contributed by atoms with E-state index in [1.54, 1.807) is 0 Å². The number of hydrogen-bond acceptors (Lipinski definition) is 3. The van der Waals surface area contributed by atoms with Crippen molar-refractivity contribution in [3.05, 3.63) is 13.2 Å². The molecule has 0 aromatic rings. The molecule has 0 aliphatic heterocycles. The summed E-state index contributed by atoms with van der Waals surface area (Å²) in [4.78, 5) is 2.33. The summed E-state index contributed by atoms with van der Waals surface area (Å²) >= 11 is 0. The Balaban J connectivity index is -0.000000720. The molecule has 0 aliphatic carbocycles. The zero-order valence-electron chi connectivity index (χ0n) is 10.5. The zero-order valence-corrected chi connectivity index (χ0v) is 13.3. The predicted octanol–water partition coefficient (Wildman–Crippen LogP) is 0.617. The number of nitrogens with one attached hydrogen (secondary N) is 3. The Bertz CT molecular complexity index is 103. The van der Waals surface area contributed by atoms with Gasteiger partial charge in [-0.05, 0) is 40.2 Å². The molecule has 0 spiro atoms. The van der Waals surface area contributed by atoms with E-state index in [1.807, 2.05) is 14.1 Å². The zero-order chi connectivity index (χ0) is 9.94. The van der Waals surface area contributed by atoms with Gasteiger partial charge in [0.1, 0.15) is 0 Å². The maximum atomic E-state index is 7.17. The van der Waals surface area contributed by atoms with Gasteiger partial charge in [-0.15, -0.1) is 6.54 Å². The van der Waals surface area contributed by atoms with Gasteiger partial charge in [0.05, 0.1) is 0 Å². The summed E-state index contributed by atoms with van der Waals surface area (Å²) in [6.45, 7) is 5.63. The van der Waals surface area contributed by atoms with Gasteiger partial charge in [0.25, 0.3) is 0 Å². The molecule has 5 heteroatoms. The second-order valence-corrected chi connectivity index (χ2v) is 3.15. The molecule has 0 fully saturated rings. The first kappa shape index (κ1) is 21.3. The van der Waals surface area contributed by atoms with Crippen LogP contribution in [0.2, 0.25) is 0 Å². The first-order valence-electron chi connectivity index (χ1n) is 5.01. The van der Waals surface area contributed by atoms with Crippen LogP contribution in [0.25, 0.3) is 5.73 Å². The molecule has 0 amide bonds. The van der Waals surface area contributed by atoms with Gasteiger partial charge in [-0.25, -0.2) is 0 Å². The van der Waals surface area contributed by atoms with E-state index < -0.39 is 0 Å². The van der Waals surface area contributed by atoms with Crippen LogP contribution in [0.1, 0.15) is 6.42 Å². The van der Waals surface area contributed by atoms with Crippen LogP contribution in [0, 0.1) is 7.43 Å². The first-order chi connectivity index (χ1) is 6.35. The molecule has 15 heavy (non-hydrogen) atoms. The average Bonchev–Trinajstić information content (AvgIpc) is 2.14. The van der Waals surface area contributed by atoms with Gasteiger partial charge in [-0.2, -0.15) is 0 Å². The van der Waals surface area contributed by atoms with Gasteiger partial charge in [-0.3, -0.25) is 0 Å². The van der Waals surface area contributed by atoms with Gasteiger partial charge < -0.3 is 28.7 Å². The average molecular weight is 291 g/mol. The van der Waals surface area contributed by atoms with Crippen molar-refractivity contribution in [2.75, 3.05) is 53.4 Å². The van der Waals surface area contributed by atoms with Crippen LogP contribution in [0.5, 0.6) is 0 Å². The molecule has 91 valence electrons. The molecule has 0 bridgehead atoms. The van der Waals surface area contributed by atoms with Crippen molar-refractivity contribution < 1.29 is 32.7 Å². The first-order valence-corrected chi connectivity index (χ1v) is 5.01. The van der Waals surface area contributed by atoms with Crippen LogP contribution in [-0.2, 0) is 32.7 Å². The second kappa shape index (κ2) is 17.3. The summed E-state index contributed by atoms with van der Waals surface area (Å²) in [6, 6.07) is 0. The monoisotopic (exact) mass is 291 g/mol. The molecule has 0 atom stereocenters. The minimum atomic E-state index is 0. The largest absolute Gasteiger partial charge is 0.676 e. The van der Waals surface area contributed by atoms with Crippen molar-refractivity contribution in [3.63, 3.8) is 0 Å². The molecular formula is C10H26N4Y-2. The van der Waals surface area contributed by atoms with Crippen LogP contribution in [0.3, 0.4) is 0 Å². The Morgan fingerprint density at radius 1 is 1.00 bits per heavy atom. The molecule has 0 aromatic heterocycles. The summed E-state index contributed by atoms with van der Waals surface area (Å²) in [7, 11) is 3.94. The fourth-order valence-electron chi connectivity index (χ4n) is 1.24. The van der Waals surface area contributed by atoms with Crippen molar-refractivity contribution in [1.29, 1.82) is 0 Å². The van der Waals surface area contributed by atoms with E-state index in [-0.39, 0.29) is 40.1 Å². The standard InChI is InChI=1S/C9H23N4.CH3.Y/c1-11-5-3-7-13(8-4-10)9-6-12-2;;/h10-12H,3-9H2,1-2H3;1H3;/q2*-1;. The number of nitrogens with zero attached hydrogens (tertiary/aromatic N) is 1. The molecule has 1 radical (unpaired) electrons. The third kappa shape index (κ3) is 14.9. The van der Waals surface area contributed by atoms with Crippen molar-refractivity contribution in [2.45, 2.75) is 6.42 Å². The Hall–Kier alpha value is 0.944. The van der Waals surface area contributed by atoms with Crippen LogP contribution < -0.4 is 10.6 Å². The molecular weight excluding hydrogens is 265 g/mol. The Morgan fingerprint density at radius 2 is 1.60 bits per heavy atom. The Morgan fingerprint density at radius 3 is 2.07 bits per heavy atom. The summed E-state index contributed by atoms with van der Waals surface area (Å²) < 4.78 is 0. The summed E-state index contributed by atoms with van der Waals surface area (Å²) in [5.41, 5.74) is 7.17. The van der Waals surface area contributed by atoms with Gasteiger partial charge >= 0.3 is 0 Å². The maximum Gasteiger partial charge on any atom is 0.0106 e. The van der Waals surface area contributed by atoms with Gasteiger partial charge in [0, 0.05) is 45.8 Å². The molecule has 0 aliphatic rings. The second-order valence-electron chi connectivity index (χ2n) is 3.15. The molecule has 0 aromatic carbocycles. The van der Waals surface area contributed by atoms with Crippen molar-refractivity contribution >= 4 is 0 Å². The summed E-state index contributed by atoms with van der Waals surface area (Å²) in [6.07, 6.45) is 1.17. The summed E-state index contributed by atoms with van der Waals surface area (Å²) in [5, 5.41) is 6.26. The van der Waals surface area contributed by atoms with Gasteiger partial charge in [0.2, 0.25) is 0 Å². The quantitative estimate of drug-likeness (QED) is 0.483. The Kier molecular flexibility index (Phi) is 24.6. The minimum Gasteiger partial charge on any atom is -0.676 e. The van der Waals surface area contributed by atoms with Crippen LogP contribution >= 0.6 is 0 Å². The predicted molar refractivity (Wildman–Crippen MR) is 64.5 cm³/mol. The third-order valence-corrected chi connectivity index (χ3v) is 2.01. The van der Waals surface area contributed by atoms with Crippen molar-refractivity contribution in [2.24, 2.45) is 0 Å². The fourth-order valence-corrected chi connectivity index (χ4v) is 1.24. The topological polar surface area (TPSA) is 51.1 Å². The van der Waals surface area contributed by atoms with E-state index in [0.29, 0.717) is 6.54 Å². The van der Waals surface area contributed by atoms with E-state index >= 15 is 0 Å². The summed E-state index contributed by atoms with van der Waals surface area (Å²) in [5.74, 6) is 0. The van der Waals surface area contributed by atoms with E-state index in [0.717, 1.165) is 32.7 Å². The van der Waals surface area contributed by atoms with Gasteiger partial charge in [-0.1, -0.05) is 0 Å². The van der Waals surface area contributed by atoms with Crippen LogP contribution in [-0.4, -0.2) is 58.3 Å². The maximum absolute atomic E-state index is 7.17. The smallest absolute Gasteiger partial charge is 0.0106 e. The Labute approximate surface area is 121 Å². The van der Waals surface area contributed by atoms with E-state index in [1.165, 1.54) is 6.42 Å². The van der Waals surface area contributed by atoms with E-state index in [2.05, 4.69) is 15.5 Å².